The summed E-state index contributed by atoms with van der Waals surface area (Å²) in [6, 6.07) is 6.67. The molecule has 0 aliphatic rings. The van der Waals surface area contributed by atoms with Crippen LogP contribution in [0.1, 0.15) is 37.0 Å². The van der Waals surface area contributed by atoms with Gasteiger partial charge in [0.2, 0.25) is 0 Å². The zero-order chi connectivity index (χ0) is 9.68. The van der Waals surface area contributed by atoms with Crippen molar-refractivity contribution in [3.05, 3.63) is 41.0 Å². The van der Waals surface area contributed by atoms with E-state index in [0.717, 1.165) is 0 Å². The van der Waals surface area contributed by atoms with E-state index in [1.807, 2.05) is 0 Å². The Balaban J connectivity index is 3.02. The van der Waals surface area contributed by atoms with Crippen LogP contribution in [0.25, 0.3) is 6.08 Å². The van der Waals surface area contributed by atoms with Gasteiger partial charge in [-0.25, -0.2) is 0 Å². The van der Waals surface area contributed by atoms with Gasteiger partial charge in [-0.05, 0) is 31.4 Å². The second-order valence-corrected chi connectivity index (χ2v) is 3.45. The molecular weight excluding hydrogens is 156 g/mol. The number of aryl methyl sites for hydroxylation is 2. The maximum atomic E-state index is 2.29. The number of rotatable bonds is 3. The summed E-state index contributed by atoms with van der Waals surface area (Å²) in [7, 11) is 0. The Kier molecular flexibility index (Phi) is 3.75. The normalized spacial score (nSPS) is 11.0. The Labute approximate surface area is 81.3 Å². The van der Waals surface area contributed by atoms with Gasteiger partial charge in [0, 0.05) is 0 Å². The van der Waals surface area contributed by atoms with E-state index in [0.29, 0.717) is 0 Å². The summed E-state index contributed by atoms with van der Waals surface area (Å²) in [5, 5.41) is 0. The van der Waals surface area contributed by atoms with E-state index >= 15 is 0 Å². The van der Waals surface area contributed by atoms with Gasteiger partial charge in [-0.1, -0.05) is 49.3 Å². The van der Waals surface area contributed by atoms with Gasteiger partial charge in [-0.2, -0.15) is 0 Å². The molecule has 0 fully saturated rings. The Hall–Kier alpha value is -1.04. The quantitative estimate of drug-likeness (QED) is 0.650. The number of allylic oxidation sites excluding steroid dienone is 1. The van der Waals surface area contributed by atoms with Gasteiger partial charge >= 0.3 is 0 Å². The molecule has 13 heavy (non-hydrogen) atoms. The average Bonchev–Trinajstić information content (AvgIpc) is 2.10. The molecule has 0 saturated heterocycles. The standard InChI is InChI=1S/C13H18/c1-4-6-12-9-8-11(3)10-13(12)7-5-2/h4,6,8-10H,5,7H2,1-3H3/b6-4-. The first kappa shape index (κ1) is 10.0. The Morgan fingerprint density at radius 2 is 2.08 bits per heavy atom. The van der Waals surface area contributed by atoms with Crippen LogP contribution in [-0.2, 0) is 6.42 Å². The first-order chi connectivity index (χ1) is 6.27. The summed E-state index contributed by atoms with van der Waals surface area (Å²) in [5.41, 5.74) is 4.20. The van der Waals surface area contributed by atoms with Crippen molar-refractivity contribution in [3.8, 4) is 0 Å². The van der Waals surface area contributed by atoms with Crippen LogP contribution >= 0.6 is 0 Å². The minimum Gasteiger partial charge on any atom is -0.0871 e. The van der Waals surface area contributed by atoms with Gasteiger partial charge in [0.15, 0.2) is 0 Å². The molecule has 1 aromatic rings. The molecule has 0 spiro atoms. The zero-order valence-corrected chi connectivity index (χ0v) is 8.80. The third-order valence-corrected chi connectivity index (χ3v) is 2.16. The van der Waals surface area contributed by atoms with E-state index in [1.165, 1.54) is 29.5 Å². The molecule has 0 nitrogen and oxygen atoms in total. The lowest BCUT2D eigenvalue weighted by Crippen LogP contribution is -1.89. The summed E-state index contributed by atoms with van der Waals surface area (Å²) in [5.74, 6) is 0. The Morgan fingerprint density at radius 1 is 1.31 bits per heavy atom. The fourth-order valence-electron chi connectivity index (χ4n) is 1.56. The van der Waals surface area contributed by atoms with E-state index in [4.69, 9.17) is 0 Å². The molecule has 0 radical (unpaired) electrons. The first-order valence-electron chi connectivity index (χ1n) is 5.00. The number of hydrogen-bond acceptors (Lipinski definition) is 0. The monoisotopic (exact) mass is 174 g/mol. The molecule has 0 amide bonds. The van der Waals surface area contributed by atoms with Crippen molar-refractivity contribution in [2.24, 2.45) is 0 Å². The van der Waals surface area contributed by atoms with E-state index < -0.39 is 0 Å². The molecule has 0 atom stereocenters. The molecular formula is C13H18. The summed E-state index contributed by atoms with van der Waals surface area (Å²) >= 11 is 0. The molecule has 70 valence electrons. The lowest BCUT2D eigenvalue weighted by atomic mass is 10.0. The minimum absolute atomic E-state index is 1.18. The van der Waals surface area contributed by atoms with Crippen LogP contribution in [-0.4, -0.2) is 0 Å². The average molecular weight is 174 g/mol. The molecule has 0 heterocycles. The minimum atomic E-state index is 1.18. The predicted molar refractivity (Wildman–Crippen MR) is 59.9 cm³/mol. The zero-order valence-electron chi connectivity index (χ0n) is 8.80. The van der Waals surface area contributed by atoms with Crippen molar-refractivity contribution in [1.82, 2.24) is 0 Å². The summed E-state index contributed by atoms with van der Waals surface area (Å²) in [6.45, 7) is 6.44. The molecule has 0 N–H and O–H groups in total. The second kappa shape index (κ2) is 4.86. The fraction of sp³-hybridized carbons (Fsp3) is 0.385. The van der Waals surface area contributed by atoms with Crippen molar-refractivity contribution >= 4 is 6.08 Å². The molecule has 0 saturated carbocycles. The fourth-order valence-corrected chi connectivity index (χ4v) is 1.56. The first-order valence-corrected chi connectivity index (χ1v) is 5.00. The molecule has 0 aliphatic heterocycles. The number of hydrogen-bond donors (Lipinski definition) is 0. The summed E-state index contributed by atoms with van der Waals surface area (Å²) in [6.07, 6.45) is 6.68. The lowest BCUT2D eigenvalue weighted by molar-refractivity contribution is 0.918. The summed E-state index contributed by atoms with van der Waals surface area (Å²) in [4.78, 5) is 0. The second-order valence-electron chi connectivity index (χ2n) is 3.45. The molecule has 0 unspecified atom stereocenters. The van der Waals surface area contributed by atoms with Gasteiger partial charge < -0.3 is 0 Å². The van der Waals surface area contributed by atoms with Crippen LogP contribution in [0.2, 0.25) is 0 Å². The van der Waals surface area contributed by atoms with E-state index in [-0.39, 0.29) is 0 Å². The van der Waals surface area contributed by atoms with Gasteiger partial charge in [0.25, 0.3) is 0 Å². The van der Waals surface area contributed by atoms with E-state index in [1.54, 1.807) is 0 Å². The van der Waals surface area contributed by atoms with Gasteiger partial charge in [0.1, 0.15) is 0 Å². The van der Waals surface area contributed by atoms with Gasteiger partial charge in [-0.15, -0.1) is 0 Å². The van der Waals surface area contributed by atoms with Crippen molar-refractivity contribution in [2.45, 2.75) is 33.6 Å². The van der Waals surface area contributed by atoms with Gasteiger partial charge in [0.05, 0.1) is 0 Å². The number of benzene rings is 1. The third-order valence-electron chi connectivity index (χ3n) is 2.16. The molecule has 0 aromatic heterocycles. The topological polar surface area (TPSA) is 0 Å². The molecule has 1 aromatic carbocycles. The van der Waals surface area contributed by atoms with Crippen molar-refractivity contribution < 1.29 is 0 Å². The Bertz CT molecular complexity index is 295. The van der Waals surface area contributed by atoms with E-state index in [2.05, 4.69) is 51.1 Å². The smallest absolute Gasteiger partial charge is 0.0228 e. The maximum absolute atomic E-state index is 2.29. The molecule has 0 bridgehead atoms. The van der Waals surface area contributed by atoms with E-state index in [9.17, 15) is 0 Å². The van der Waals surface area contributed by atoms with Crippen LogP contribution in [0, 0.1) is 6.92 Å². The highest BCUT2D eigenvalue weighted by Gasteiger charge is 1.97. The highest BCUT2D eigenvalue weighted by Crippen LogP contribution is 2.15. The molecule has 0 heteroatoms. The third kappa shape index (κ3) is 2.73. The Morgan fingerprint density at radius 3 is 2.69 bits per heavy atom. The van der Waals surface area contributed by atoms with Crippen molar-refractivity contribution in [3.63, 3.8) is 0 Å². The highest BCUT2D eigenvalue weighted by atomic mass is 14.0. The highest BCUT2D eigenvalue weighted by molar-refractivity contribution is 5.54. The van der Waals surface area contributed by atoms with Crippen LogP contribution < -0.4 is 0 Å². The van der Waals surface area contributed by atoms with Gasteiger partial charge in [-0.3, -0.25) is 0 Å². The lowest BCUT2D eigenvalue weighted by Gasteiger charge is -2.05. The maximum Gasteiger partial charge on any atom is -0.0228 e. The predicted octanol–water partition coefficient (Wildman–Crippen LogP) is 3.98. The van der Waals surface area contributed by atoms with Crippen LogP contribution in [0.3, 0.4) is 0 Å². The van der Waals surface area contributed by atoms with Crippen LogP contribution in [0.15, 0.2) is 24.3 Å². The van der Waals surface area contributed by atoms with Crippen LogP contribution in [0.4, 0.5) is 0 Å². The van der Waals surface area contributed by atoms with Crippen molar-refractivity contribution in [2.75, 3.05) is 0 Å². The van der Waals surface area contributed by atoms with Crippen LogP contribution in [0.5, 0.6) is 0 Å². The molecule has 0 aliphatic carbocycles. The SMILES string of the molecule is C/C=C\c1ccc(C)cc1CCC. The molecule has 1 rings (SSSR count). The largest absolute Gasteiger partial charge is 0.0871 e. The van der Waals surface area contributed by atoms with Crippen molar-refractivity contribution in [1.29, 1.82) is 0 Å². The summed E-state index contributed by atoms with van der Waals surface area (Å²) < 4.78 is 0.